The van der Waals surface area contributed by atoms with Crippen LogP contribution in [0.1, 0.15) is 31.7 Å². The molecule has 2 aromatic rings. The SMILES string of the molecule is CC(CNC(=O)C1CCN(C(=O)CCOc2ccccc2)CC1)N1CCc2ccccc21. The number of carbonyl (C=O) groups is 2. The lowest BCUT2D eigenvalue weighted by molar-refractivity contribution is -0.136. The van der Waals surface area contributed by atoms with Crippen molar-refractivity contribution in [2.24, 2.45) is 5.92 Å². The number of para-hydroxylation sites is 2. The maximum Gasteiger partial charge on any atom is 0.225 e. The summed E-state index contributed by atoms with van der Waals surface area (Å²) in [6, 6.07) is 18.3. The Hall–Kier alpha value is -3.02. The van der Waals surface area contributed by atoms with Crippen molar-refractivity contribution >= 4 is 17.5 Å². The van der Waals surface area contributed by atoms with Crippen LogP contribution < -0.4 is 15.0 Å². The molecule has 2 aromatic carbocycles. The summed E-state index contributed by atoms with van der Waals surface area (Å²) in [6.07, 6.45) is 2.87. The molecule has 1 saturated heterocycles. The topological polar surface area (TPSA) is 61.9 Å². The predicted molar refractivity (Wildman–Crippen MR) is 126 cm³/mol. The fraction of sp³-hybridized carbons (Fsp3) is 0.462. The van der Waals surface area contributed by atoms with Gasteiger partial charge in [0.15, 0.2) is 0 Å². The van der Waals surface area contributed by atoms with Gasteiger partial charge in [-0.3, -0.25) is 9.59 Å². The number of likely N-dealkylation sites (tertiary alicyclic amines) is 1. The summed E-state index contributed by atoms with van der Waals surface area (Å²) < 4.78 is 5.63. The first-order valence-corrected chi connectivity index (χ1v) is 11.7. The van der Waals surface area contributed by atoms with Crippen molar-refractivity contribution in [1.82, 2.24) is 10.2 Å². The summed E-state index contributed by atoms with van der Waals surface area (Å²) >= 11 is 0. The molecule has 2 heterocycles. The fourth-order valence-electron chi connectivity index (χ4n) is 4.65. The molecule has 1 fully saturated rings. The fourth-order valence-corrected chi connectivity index (χ4v) is 4.65. The first kappa shape index (κ1) is 22.2. The Balaban J connectivity index is 1.16. The Labute approximate surface area is 190 Å². The molecule has 1 atom stereocenters. The van der Waals surface area contributed by atoms with E-state index in [1.54, 1.807) is 0 Å². The number of piperidine rings is 1. The minimum Gasteiger partial charge on any atom is -0.493 e. The molecule has 170 valence electrons. The molecule has 0 radical (unpaired) electrons. The van der Waals surface area contributed by atoms with Gasteiger partial charge in [-0.25, -0.2) is 0 Å². The van der Waals surface area contributed by atoms with Crippen LogP contribution in [-0.4, -0.2) is 55.5 Å². The van der Waals surface area contributed by atoms with Crippen molar-refractivity contribution in [3.8, 4) is 5.75 Å². The van der Waals surface area contributed by atoms with Crippen LogP contribution in [0.25, 0.3) is 0 Å². The van der Waals surface area contributed by atoms with E-state index in [9.17, 15) is 9.59 Å². The predicted octanol–water partition coefficient (Wildman–Crippen LogP) is 3.26. The van der Waals surface area contributed by atoms with Gasteiger partial charge in [0.25, 0.3) is 0 Å². The van der Waals surface area contributed by atoms with Gasteiger partial charge in [0.2, 0.25) is 11.8 Å². The van der Waals surface area contributed by atoms with E-state index >= 15 is 0 Å². The van der Waals surface area contributed by atoms with E-state index in [1.165, 1.54) is 11.3 Å². The van der Waals surface area contributed by atoms with Gasteiger partial charge in [-0.05, 0) is 49.9 Å². The largest absolute Gasteiger partial charge is 0.493 e. The van der Waals surface area contributed by atoms with Gasteiger partial charge in [0.1, 0.15) is 5.75 Å². The Morgan fingerprint density at radius 1 is 1.03 bits per heavy atom. The number of amides is 2. The molecule has 2 aliphatic rings. The van der Waals surface area contributed by atoms with E-state index in [-0.39, 0.29) is 23.8 Å². The van der Waals surface area contributed by atoms with Crippen LogP contribution in [0.15, 0.2) is 54.6 Å². The number of hydrogen-bond acceptors (Lipinski definition) is 4. The van der Waals surface area contributed by atoms with E-state index in [1.807, 2.05) is 35.2 Å². The number of rotatable bonds is 8. The van der Waals surface area contributed by atoms with E-state index < -0.39 is 0 Å². The van der Waals surface area contributed by atoms with Crippen molar-refractivity contribution in [2.75, 3.05) is 37.7 Å². The van der Waals surface area contributed by atoms with Gasteiger partial charge >= 0.3 is 0 Å². The first-order chi connectivity index (χ1) is 15.6. The van der Waals surface area contributed by atoms with Crippen LogP contribution in [-0.2, 0) is 16.0 Å². The molecule has 2 aliphatic heterocycles. The third-order valence-electron chi connectivity index (χ3n) is 6.57. The molecular formula is C26H33N3O3. The molecule has 0 spiro atoms. The zero-order chi connectivity index (χ0) is 22.3. The highest BCUT2D eigenvalue weighted by Crippen LogP contribution is 2.29. The van der Waals surface area contributed by atoms with Crippen LogP contribution in [0.5, 0.6) is 5.75 Å². The smallest absolute Gasteiger partial charge is 0.225 e. The van der Waals surface area contributed by atoms with E-state index in [2.05, 4.69) is 41.4 Å². The van der Waals surface area contributed by atoms with Gasteiger partial charge in [0.05, 0.1) is 13.0 Å². The quantitative estimate of drug-likeness (QED) is 0.691. The average Bonchev–Trinajstić information content (AvgIpc) is 3.27. The van der Waals surface area contributed by atoms with Gasteiger partial charge in [-0.15, -0.1) is 0 Å². The molecule has 6 nitrogen and oxygen atoms in total. The highest BCUT2D eigenvalue weighted by atomic mass is 16.5. The second-order valence-corrected chi connectivity index (χ2v) is 8.73. The molecule has 1 unspecified atom stereocenters. The van der Waals surface area contributed by atoms with Crippen molar-refractivity contribution < 1.29 is 14.3 Å². The minimum atomic E-state index is -0.0160. The molecule has 4 rings (SSSR count). The van der Waals surface area contributed by atoms with Gasteiger partial charge in [0, 0.05) is 43.8 Å². The molecule has 0 aromatic heterocycles. The molecule has 6 heteroatoms. The van der Waals surface area contributed by atoms with E-state index in [0.717, 1.165) is 31.6 Å². The summed E-state index contributed by atoms with van der Waals surface area (Å²) in [7, 11) is 0. The number of anilines is 1. The molecule has 1 N–H and O–H groups in total. The van der Waals surface area contributed by atoms with Crippen LogP contribution >= 0.6 is 0 Å². The van der Waals surface area contributed by atoms with E-state index in [4.69, 9.17) is 4.74 Å². The highest BCUT2D eigenvalue weighted by Gasteiger charge is 2.28. The average molecular weight is 436 g/mol. The number of hydrogen-bond donors (Lipinski definition) is 1. The van der Waals surface area contributed by atoms with Gasteiger partial charge in [-0.1, -0.05) is 36.4 Å². The monoisotopic (exact) mass is 435 g/mol. The molecule has 0 bridgehead atoms. The number of benzene rings is 2. The molecule has 2 amide bonds. The van der Waals surface area contributed by atoms with Crippen molar-refractivity contribution in [3.63, 3.8) is 0 Å². The Morgan fingerprint density at radius 3 is 2.53 bits per heavy atom. The molecular weight excluding hydrogens is 402 g/mol. The van der Waals surface area contributed by atoms with Crippen LogP contribution in [0, 0.1) is 5.92 Å². The Kier molecular flexibility index (Phi) is 7.30. The molecule has 0 aliphatic carbocycles. The standard InChI is InChI=1S/C26H33N3O3/c1-20(29-17-13-21-7-5-6-10-24(21)29)19-27-26(31)22-11-15-28(16-12-22)25(30)14-18-32-23-8-3-2-4-9-23/h2-10,20,22H,11-19H2,1H3,(H,27,31). The maximum absolute atomic E-state index is 12.7. The lowest BCUT2D eigenvalue weighted by atomic mass is 9.95. The summed E-state index contributed by atoms with van der Waals surface area (Å²) in [5.74, 6) is 0.977. The van der Waals surface area contributed by atoms with Crippen molar-refractivity contribution in [3.05, 3.63) is 60.2 Å². The second-order valence-electron chi connectivity index (χ2n) is 8.73. The van der Waals surface area contributed by atoms with E-state index in [0.29, 0.717) is 32.7 Å². The highest BCUT2D eigenvalue weighted by molar-refractivity contribution is 5.80. The van der Waals surface area contributed by atoms with Gasteiger partial charge < -0.3 is 19.9 Å². The number of carbonyl (C=O) groups excluding carboxylic acids is 2. The summed E-state index contributed by atoms with van der Waals surface area (Å²) in [5.41, 5.74) is 2.68. The van der Waals surface area contributed by atoms with Crippen LogP contribution in [0.4, 0.5) is 5.69 Å². The molecule has 32 heavy (non-hydrogen) atoms. The summed E-state index contributed by atoms with van der Waals surface area (Å²) in [6.45, 7) is 5.46. The first-order valence-electron chi connectivity index (χ1n) is 11.7. The minimum absolute atomic E-state index is 0.0160. The zero-order valence-electron chi connectivity index (χ0n) is 18.8. The lowest BCUT2D eigenvalue weighted by Crippen LogP contribution is -2.46. The second kappa shape index (κ2) is 10.5. The number of fused-ring (bicyclic) bond motifs is 1. The Morgan fingerprint density at radius 2 is 1.75 bits per heavy atom. The van der Waals surface area contributed by atoms with Crippen LogP contribution in [0.3, 0.4) is 0 Å². The normalized spacial score (nSPS) is 17.0. The van der Waals surface area contributed by atoms with Crippen molar-refractivity contribution in [2.45, 2.75) is 38.6 Å². The number of nitrogens with zero attached hydrogens (tertiary/aromatic N) is 2. The Bertz CT molecular complexity index is 910. The van der Waals surface area contributed by atoms with Gasteiger partial charge in [-0.2, -0.15) is 0 Å². The number of ether oxygens (including phenoxy) is 1. The molecule has 0 saturated carbocycles. The summed E-state index contributed by atoms with van der Waals surface area (Å²) in [4.78, 5) is 29.4. The third-order valence-corrected chi connectivity index (χ3v) is 6.57. The lowest BCUT2D eigenvalue weighted by Gasteiger charge is -2.32. The summed E-state index contributed by atoms with van der Waals surface area (Å²) in [5, 5.41) is 3.15. The zero-order valence-corrected chi connectivity index (χ0v) is 18.8. The van der Waals surface area contributed by atoms with Crippen LogP contribution in [0.2, 0.25) is 0 Å². The maximum atomic E-state index is 12.7. The third kappa shape index (κ3) is 5.42. The van der Waals surface area contributed by atoms with Crippen molar-refractivity contribution in [1.29, 1.82) is 0 Å². The number of nitrogens with one attached hydrogen (secondary N) is 1.